The minimum Gasteiger partial charge on any atom is -0.478 e. The summed E-state index contributed by atoms with van der Waals surface area (Å²) in [6.07, 6.45) is 2.62. The van der Waals surface area contributed by atoms with E-state index in [9.17, 15) is 14.0 Å². The monoisotopic (exact) mass is 296 g/mol. The van der Waals surface area contributed by atoms with Crippen LogP contribution in [0.25, 0.3) is 0 Å². The summed E-state index contributed by atoms with van der Waals surface area (Å²) in [5, 5.41) is 13.9. The fourth-order valence-corrected chi connectivity index (χ4v) is 2.45. The zero-order chi connectivity index (χ0) is 15.4. The summed E-state index contributed by atoms with van der Waals surface area (Å²) in [7, 11) is 1.59. The van der Waals surface area contributed by atoms with Crippen molar-refractivity contribution in [3.63, 3.8) is 0 Å². The minimum absolute atomic E-state index is 0.0324. The Morgan fingerprint density at radius 3 is 2.76 bits per heavy atom. The number of nitrogens with one attached hydrogen (secondary N) is 2. The highest BCUT2D eigenvalue weighted by molar-refractivity contribution is 5.91. The van der Waals surface area contributed by atoms with E-state index in [-0.39, 0.29) is 23.4 Å². The molecule has 0 radical (unpaired) electrons. The van der Waals surface area contributed by atoms with Crippen molar-refractivity contribution < 1.29 is 23.8 Å². The molecular formula is C14H17FN2O4. The van der Waals surface area contributed by atoms with Crippen molar-refractivity contribution in [1.82, 2.24) is 5.32 Å². The van der Waals surface area contributed by atoms with Crippen molar-refractivity contribution in [3.05, 3.63) is 29.6 Å². The van der Waals surface area contributed by atoms with Crippen LogP contribution in [-0.2, 0) is 4.74 Å². The van der Waals surface area contributed by atoms with Gasteiger partial charge in [-0.2, -0.15) is 0 Å². The lowest BCUT2D eigenvalue weighted by molar-refractivity contribution is 0.0696. The molecule has 2 unspecified atom stereocenters. The number of carboxylic acid groups (broad SMARTS) is 1. The highest BCUT2D eigenvalue weighted by atomic mass is 19.1. The molecule has 1 aromatic rings. The number of urea groups is 1. The molecule has 114 valence electrons. The van der Waals surface area contributed by atoms with Crippen LogP contribution in [-0.4, -0.2) is 36.4 Å². The molecule has 0 spiro atoms. The number of aromatic carboxylic acids is 1. The number of benzene rings is 1. The quantitative estimate of drug-likeness (QED) is 0.795. The second-order valence-corrected chi connectivity index (χ2v) is 4.91. The van der Waals surface area contributed by atoms with E-state index in [2.05, 4.69) is 10.6 Å². The van der Waals surface area contributed by atoms with E-state index in [1.807, 2.05) is 0 Å². The third kappa shape index (κ3) is 3.69. The molecule has 2 amide bonds. The van der Waals surface area contributed by atoms with Gasteiger partial charge in [-0.25, -0.2) is 14.0 Å². The summed E-state index contributed by atoms with van der Waals surface area (Å²) >= 11 is 0. The van der Waals surface area contributed by atoms with Crippen LogP contribution in [0.4, 0.5) is 14.9 Å². The lowest BCUT2D eigenvalue weighted by Gasteiger charge is -2.20. The molecule has 2 rings (SSSR count). The molecular weight excluding hydrogens is 279 g/mol. The lowest BCUT2D eigenvalue weighted by atomic mass is 10.2. The number of carbonyl (C=O) groups excluding carboxylic acids is 1. The largest absolute Gasteiger partial charge is 0.478 e. The Hall–Kier alpha value is -2.15. The van der Waals surface area contributed by atoms with E-state index < -0.39 is 17.8 Å². The average Bonchev–Trinajstić information content (AvgIpc) is 2.87. The maximum absolute atomic E-state index is 13.7. The van der Waals surface area contributed by atoms with Crippen LogP contribution >= 0.6 is 0 Å². The van der Waals surface area contributed by atoms with Gasteiger partial charge in [-0.3, -0.25) is 0 Å². The molecule has 2 atom stereocenters. The van der Waals surface area contributed by atoms with Crippen molar-refractivity contribution in [1.29, 1.82) is 0 Å². The maximum atomic E-state index is 13.7. The highest BCUT2D eigenvalue weighted by Crippen LogP contribution is 2.22. The Kier molecular flexibility index (Phi) is 4.74. The van der Waals surface area contributed by atoms with Gasteiger partial charge < -0.3 is 20.5 Å². The second kappa shape index (κ2) is 6.53. The summed E-state index contributed by atoms with van der Waals surface area (Å²) < 4.78 is 19.0. The molecule has 3 N–H and O–H groups in total. The number of ether oxygens (including phenoxy) is 1. The molecule has 1 saturated carbocycles. The topological polar surface area (TPSA) is 87.7 Å². The fourth-order valence-electron chi connectivity index (χ4n) is 2.45. The molecule has 1 aliphatic rings. The van der Waals surface area contributed by atoms with Crippen LogP contribution in [0.5, 0.6) is 0 Å². The second-order valence-electron chi connectivity index (χ2n) is 4.91. The normalized spacial score (nSPS) is 21.0. The highest BCUT2D eigenvalue weighted by Gasteiger charge is 2.28. The molecule has 1 aliphatic carbocycles. The number of anilines is 1. The molecule has 21 heavy (non-hydrogen) atoms. The van der Waals surface area contributed by atoms with Gasteiger partial charge in [0.2, 0.25) is 0 Å². The number of methoxy groups -OCH3 is 1. The Balaban J connectivity index is 1.98. The Labute approximate surface area is 121 Å². The predicted molar refractivity (Wildman–Crippen MR) is 73.9 cm³/mol. The first kappa shape index (κ1) is 15.2. The first-order chi connectivity index (χ1) is 10.0. The standard InChI is InChI=1S/C14H17FN2O4/c1-21-12-4-2-3-11(12)17-14(20)16-10-6-5-8(13(18)19)7-9(10)15/h5-7,11-12H,2-4H2,1H3,(H,18,19)(H2,16,17,20). The van der Waals surface area contributed by atoms with Crippen LogP contribution in [0.2, 0.25) is 0 Å². The first-order valence-corrected chi connectivity index (χ1v) is 6.64. The van der Waals surface area contributed by atoms with Crippen molar-refractivity contribution in [3.8, 4) is 0 Å². The summed E-state index contributed by atoms with van der Waals surface area (Å²) in [5.74, 6) is -2.02. The molecule has 0 bridgehead atoms. The molecule has 0 aromatic heterocycles. The van der Waals surface area contributed by atoms with Crippen LogP contribution in [0.3, 0.4) is 0 Å². The van der Waals surface area contributed by atoms with Crippen molar-refractivity contribution in [2.75, 3.05) is 12.4 Å². The maximum Gasteiger partial charge on any atom is 0.335 e. The van der Waals surface area contributed by atoms with Gasteiger partial charge in [0.1, 0.15) is 5.82 Å². The predicted octanol–water partition coefficient (Wildman–Crippen LogP) is 2.21. The molecule has 1 fully saturated rings. The molecule has 1 aromatic carbocycles. The molecule has 7 heteroatoms. The number of hydrogen-bond donors (Lipinski definition) is 3. The Bertz CT molecular complexity index is 550. The van der Waals surface area contributed by atoms with E-state index in [1.165, 1.54) is 12.1 Å². The van der Waals surface area contributed by atoms with Gasteiger partial charge in [0.15, 0.2) is 0 Å². The number of carbonyl (C=O) groups is 2. The summed E-state index contributed by atoms with van der Waals surface area (Å²) in [6.45, 7) is 0. The van der Waals surface area contributed by atoms with Crippen LogP contribution < -0.4 is 10.6 Å². The number of carboxylic acids is 1. The molecule has 0 aliphatic heterocycles. The van der Waals surface area contributed by atoms with Gasteiger partial charge in [-0.15, -0.1) is 0 Å². The van der Waals surface area contributed by atoms with Gasteiger partial charge in [0, 0.05) is 7.11 Å². The van der Waals surface area contributed by atoms with Crippen LogP contribution in [0.1, 0.15) is 29.6 Å². The van der Waals surface area contributed by atoms with E-state index in [0.717, 1.165) is 25.3 Å². The number of hydrogen-bond acceptors (Lipinski definition) is 3. The molecule has 0 heterocycles. The summed E-state index contributed by atoms with van der Waals surface area (Å²) in [4.78, 5) is 22.5. The smallest absolute Gasteiger partial charge is 0.335 e. The summed E-state index contributed by atoms with van der Waals surface area (Å²) in [5.41, 5.74) is -0.238. The zero-order valence-electron chi connectivity index (χ0n) is 11.6. The van der Waals surface area contributed by atoms with Gasteiger partial charge >= 0.3 is 12.0 Å². The van der Waals surface area contributed by atoms with E-state index >= 15 is 0 Å². The minimum atomic E-state index is -1.22. The van der Waals surface area contributed by atoms with Gasteiger partial charge in [-0.05, 0) is 37.5 Å². The summed E-state index contributed by atoms with van der Waals surface area (Å²) in [6, 6.07) is 2.68. The molecule has 0 saturated heterocycles. The van der Waals surface area contributed by atoms with Crippen molar-refractivity contribution in [2.45, 2.75) is 31.4 Å². The van der Waals surface area contributed by atoms with Crippen molar-refractivity contribution >= 4 is 17.7 Å². The number of rotatable bonds is 4. The van der Waals surface area contributed by atoms with Crippen LogP contribution in [0, 0.1) is 5.82 Å². The molecule has 6 nitrogen and oxygen atoms in total. The van der Waals surface area contributed by atoms with E-state index in [4.69, 9.17) is 9.84 Å². The number of halogens is 1. The lowest BCUT2D eigenvalue weighted by Crippen LogP contribution is -2.43. The SMILES string of the molecule is COC1CCCC1NC(=O)Nc1ccc(C(=O)O)cc1F. The first-order valence-electron chi connectivity index (χ1n) is 6.64. The van der Waals surface area contributed by atoms with E-state index in [1.54, 1.807) is 7.11 Å². The Morgan fingerprint density at radius 1 is 1.38 bits per heavy atom. The van der Waals surface area contributed by atoms with E-state index in [0.29, 0.717) is 0 Å². The van der Waals surface area contributed by atoms with Gasteiger partial charge in [0.05, 0.1) is 23.4 Å². The third-order valence-electron chi connectivity index (χ3n) is 3.54. The fraction of sp³-hybridized carbons (Fsp3) is 0.429. The van der Waals surface area contributed by atoms with Crippen LogP contribution in [0.15, 0.2) is 18.2 Å². The van der Waals surface area contributed by atoms with Crippen molar-refractivity contribution in [2.24, 2.45) is 0 Å². The number of amides is 2. The Morgan fingerprint density at radius 2 is 2.14 bits per heavy atom. The third-order valence-corrected chi connectivity index (χ3v) is 3.54. The average molecular weight is 296 g/mol. The van der Waals surface area contributed by atoms with Gasteiger partial charge in [0.25, 0.3) is 0 Å². The van der Waals surface area contributed by atoms with Gasteiger partial charge in [-0.1, -0.05) is 0 Å². The zero-order valence-corrected chi connectivity index (χ0v) is 11.6.